The number of hydrogen-bond donors (Lipinski definition) is 0. The van der Waals surface area contributed by atoms with Gasteiger partial charge >= 0.3 is 0 Å². The normalized spacial score (nSPS) is 11.3. The van der Waals surface area contributed by atoms with Crippen LogP contribution in [0.15, 0.2) is 65.4 Å². The molecule has 0 N–H and O–H groups in total. The van der Waals surface area contributed by atoms with Crippen molar-refractivity contribution in [1.82, 2.24) is 24.9 Å². The van der Waals surface area contributed by atoms with E-state index in [4.69, 9.17) is 18.7 Å². The fourth-order valence-corrected chi connectivity index (χ4v) is 3.46. The highest BCUT2D eigenvalue weighted by Crippen LogP contribution is 2.27. The van der Waals surface area contributed by atoms with Crippen LogP contribution >= 0.6 is 0 Å². The Morgan fingerprint density at radius 3 is 2.64 bits per heavy atom. The first-order valence-corrected chi connectivity index (χ1v) is 11.0. The largest absolute Gasteiger partial charge is 0.468 e. The number of aromatic nitrogens is 5. The minimum Gasteiger partial charge on any atom is -0.468 e. The third-order valence-corrected chi connectivity index (χ3v) is 5.27. The van der Waals surface area contributed by atoms with Gasteiger partial charge in [-0.1, -0.05) is 11.2 Å². The standard InChI is InChI=1S/C25H21F2N5O4/c1-33-9-10-34-15-35-17-7-5-16(6-8-17)21-11-18(36-31-21)13-32-14-23-22(12-28-32)29-25(30-23)19-3-2-4-20(26)24(19)27/h2-8,11-12,14H,9-10,13,15H2,1H3. The molecule has 3 aromatic rings. The zero-order valence-corrected chi connectivity index (χ0v) is 19.2. The van der Waals surface area contributed by atoms with Crippen molar-refractivity contribution in [3.05, 3.63) is 78.3 Å². The van der Waals surface area contributed by atoms with Crippen molar-refractivity contribution in [2.24, 2.45) is 0 Å². The van der Waals surface area contributed by atoms with Gasteiger partial charge in [0.25, 0.3) is 0 Å². The highest BCUT2D eigenvalue weighted by Gasteiger charge is 2.18. The Balaban J connectivity index is 1.25. The van der Waals surface area contributed by atoms with Gasteiger partial charge in [-0.2, -0.15) is 5.10 Å². The Morgan fingerprint density at radius 1 is 0.972 bits per heavy atom. The quantitative estimate of drug-likeness (QED) is 0.208. The number of nitrogens with zero attached hydrogens (tertiary/aromatic N) is 5. The van der Waals surface area contributed by atoms with E-state index < -0.39 is 11.6 Å². The third kappa shape index (κ3) is 5.21. The summed E-state index contributed by atoms with van der Waals surface area (Å²) in [7, 11) is 1.61. The molecule has 0 saturated heterocycles. The number of fused-ring (bicyclic) bond motifs is 1. The van der Waals surface area contributed by atoms with Crippen molar-refractivity contribution in [1.29, 1.82) is 0 Å². The van der Waals surface area contributed by atoms with Crippen LogP contribution in [0.25, 0.3) is 34.0 Å². The molecule has 36 heavy (non-hydrogen) atoms. The number of ether oxygens (including phenoxy) is 3. The number of imidazole rings is 1. The molecule has 5 rings (SSSR count). The first kappa shape index (κ1) is 23.5. The number of benzene rings is 2. The van der Waals surface area contributed by atoms with Gasteiger partial charge in [-0.25, -0.2) is 18.7 Å². The predicted octanol–water partition coefficient (Wildman–Crippen LogP) is 4.43. The average molecular weight is 493 g/mol. The van der Waals surface area contributed by atoms with Gasteiger partial charge in [-0.05, 0) is 36.4 Å². The van der Waals surface area contributed by atoms with Gasteiger partial charge in [0, 0.05) is 18.7 Å². The van der Waals surface area contributed by atoms with E-state index in [1.165, 1.54) is 18.3 Å². The molecule has 3 heterocycles. The molecule has 9 nitrogen and oxygen atoms in total. The summed E-state index contributed by atoms with van der Waals surface area (Å²) in [5, 5.41) is 8.44. The summed E-state index contributed by atoms with van der Waals surface area (Å²) in [5.74, 6) is -0.606. The monoisotopic (exact) mass is 493 g/mol. The lowest BCUT2D eigenvalue weighted by atomic mass is 10.1. The van der Waals surface area contributed by atoms with Crippen LogP contribution in [0.3, 0.4) is 0 Å². The first-order chi connectivity index (χ1) is 17.6. The van der Waals surface area contributed by atoms with E-state index in [0.29, 0.717) is 48.4 Å². The molecule has 0 saturated carbocycles. The number of halogens is 2. The number of hydrogen-bond acceptors (Lipinski definition) is 8. The maximum atomic E-state index is 14.1. The van der Waals surface area contributed by atoms with Gasteiger partial charge in [0.1, 0.15) is 29.4 Å². The van der Waals surface area contributed by atoms with Crippen molar-refractivity contribution in [3.8, 4) is 39.8 Å². The molecular weight excluding hydrogens is 472 g/mol. The van der Waals surface area contributed by atoms with Crippen LogP contribution in [0.2, 0.25) is 0 Å². The van der Waals surface area contributed by atoms with Crippen LogP contribution in [0.5, 0.6) is 5.75 Å². The van der Waals surface area contributed by atoms with Crippen LogP contribution in [0.4, 0.5) is 8.78 Å². The van der Waals surface area contributed by atoms with E-state index in [2.05, 4.69) is 20.2 Å². The van der Waals surface area contributed by atoms with E-state index in [0.717, 1.165) is 11.6 Å². The lowest BCUT2D eigenvalue weighted by molar-refractivity contribution is -0.00846. The highest BCUT2D eigenvalue weighted by molar-refractivity contribution is 5.65. The second-order valence-corrected chi connectivity index (χ2v) is 7.76. The topological polar surface area (TPSA) is 97.3 Å². The van der Waals surface area contributed by atoms with E-state index in [-0.39, 0.29) is 18.2 Å². The smallest absolute Gasteiger partial charge is 0.189 e. The summed E-state index contributed by atoms with van der Waals surface area (Å²) in [6, 6.07) is 13.1. The molecule has 2 aromatic carbocycles. The molecule has 184 valence electrons. The summed E-state index contributed by atoms with van der Waals surface area (Å²) >= 11 is 0. The third-order valence-electron chi connectivity index (χ3n) is 5.27. The van der Waals surface area contributed by atoms with E-state index in [1.807, 2.05) is 30.3 Å². The first-order valence-electron chi connectivity index (χ1n) is 11.0. The number of methoxy groups -OCH3 is 1. The highest BCUT2D eigenvalue weighted by atomic mass is 19.2. The predicted molar refractivity (Wildman–Crippen MR) is 124 cm³/mol. The minimum absolute atomic E-state index is 0.00679. The Bertz CT molecular complexity index is 1420. The zero-order valence-electron chi connectivity index (χ0n) is 19.2. The fourth-order valence-electron chi connectivity index (χ4n) is 3.46. The Morgan fingerprint density at radius 2 is 1.81 bits per heavy atom. The Labute approximate surface area is 204 Å². The van der Waals surface area contributed by atoms with Crippen LogP contribution in [0.1, 0.15) is 5.76 Å². The molecule has 0 unspecified atom stereocenters. The zero-order chi connectivity index (χ0) is 24.9. The van der Waals surface area contributed by atoms with Crippen molar-refractivity contribution < 1.29 is 27.5 Å². The molecule has 2 aliphatic heterocycles. The number of rotatable bonds is 10. The summed E-state index contributed by atoms with van der Waals surface area (Å²) in [4.78, 5) is 8.59. The van der Waals surface area contributed by atoms with Gasteiger partial charge in [-0.15, -0.1) is 0 Å². The lowest BCUT2D eigenvalue weighted by Gasteiger charge is -2.07. The lowest BCUT2D eigenvalue weighted by Crippen LogP contribution is -2.07. The van der Waals surface area contributed by atoms with Crippen LogP contribution in [-0.4, -0.2) is 52.0 Å². The van der Waals surface area contributed by atoms with Gasteiger partial charge in [0.15, 0.2) is 30.0 Å². The van der Waals surface area contributed by atoms with Crippen molar-refractivity contribution >= 4 is 0 Å². The van der Waals surface area contributed by atoms with Crippen LogP contribution in [-0.2, 0) is 16.0 Å². The van der Waals surface area contributed by atoms with Crippen LogP contribution < -0.4 is 4.74 Å². The van der Waals surface area contributed by atoms with Gasteiger partial charge in [0.2, 0.25) is 0 Å². The summed E-state index contributed by atoms with van der Waals surface area (Å²) < 4.78 is 50.5. The van der Waals surface area contributed by atoms with Gasteiger partial charge in [0.05, 0.1) is 31.2 Å². The minimum atomic E-state index is -0.988. The Hall–Kier alpha value is -4.22. The van der Waals surface area contributed by atoms with E-state index in [9.17, 15) is 8.78 Å². The summed E-state index contributed by atoms with van der Waals surface area (Å²) in [6.45, 7) is 1.40. The molecule has 0 bridgehead atoms. The molecule has 0 amide bonds. The molecular formula is C25H21F2N5O4. The second kappa shape index (κ2) is 10.6. The molecule has 0 atom stereocenters. The SMILES string of the molecule is COCCOCOc1ccc(-c2cc(Cn3cc4nc(-c5cccc(F)c5F)nc-4cn3)on2)cc1. The molecule has 0 aliphatic carbocycles. The molecule has 0 spiro atoms. The summed E-state index contributed by atoms with van der Waals surface area (Å²) in [6.07, 6.45) is 3.17. The van der Waals surface area contributed by atoms with Crippen LogP contribution in [0, 0.1) is 11.6 Å². The van der Waals surface area contributed by atoms with Crippen molar-refractivity contribution in [3.63, 3.8) is 0 Å². The Kier molecular flexibility index (Phi) is 6.92. The second-order valence-electron chi connectivity index (χ2n) is 7.76. The van der Waals surface area contributed by atoms with Crippen molar-refractivity contribution in [2.45, 2.75) is 6.54 Å². The average Bonchev–Trinajstić information content (AvgIpc) is 3.53. The molecule has 0 radical (unpaired) electrons. The molecule has 2 aliphatic rings. The maximum absolute atomic E-state index is 14.1. The fraction of sp³-hybridized carbons (Fsp3) is 0.200. The summed E-state index contributed by atoms with van der Waals surface area (Å²) in [5.41, 5.74) is 2.47. The van der Waals surface area contributed by atoms with Crippen molar-refractivity contribution in [2.75, 3.05) is 27.1 Å². The van der Waals surface area contributed by atoms with Gasteiger partial charge < -0.3 is 18.7 Å². The molecule has 1 aromatic heterocycles. The van der Waals surface area contributed by atoms with E-state index >= 15 is 0 Å². The maximum Gasteiger partial charge on any atom is 0.189 e. The molecule has 11 heteroatoms. The van der Waals surface area contributed by atoms with Gasteiger partial charge in [-0.3, -0.25) is 4.68 Å². The molecule has 0 fully saturated rings. The van der Waals surface area contributed by atoms with E-state index in [1.54, 1.807) is 18.0 Å².